The predicted octanol–water partition coefficient (Wildman–Crippen LogP) is 2.23. The van der Waals surface area contributed by atoms with E-state index in [1.165, 1.54) is 18.2 Å². The zero-order valence-electron chi connectivity index (χ0n) is 10.3. The third-order valence-corrected chi connectivity index (χ3v) is 3.59. The largest absolute Gasteiger partial charge is 0.374 e. The average Bonchev–Trinajstić information content (AvgIpc) is 2.43. The van der Waals surface area contributed by atoms with E-state index in [4.69, 9.17) is 22.6 Å². The number of hydrogen-bond donors (Lipinski definition) is 2. The Morgan fingerprint density at radius 1 is 1.47 bits per heavy atom. The smallest absolute Gasteiger partial charge is 0.321 e. The lowest BCUT2D eigenvalue weighted by Crippen LogP contribution is -2.31. The predicted molar refractivity (Wildman–Crippen MR) is 74.8 cm³/mol. The van der Waals surface area contributed by atoms with Gasteiger partial charge >= 0.3 is 5.97 Å². The molecule has 104 valence electrons. The fourth-order valence-corrected chi connectivity index (χ4v) is 2.29. The molecule has 0 aliphatic carbocycles. The summed E-state index contributed by atoms with van der Waals surface area (Å²) in [6.45, 7) is 0. The van der Waals surface area contributed by atoms with Gasteiger partial charge in [0.1, 0.15) is 0 Å². The van der Waals surface area contributed by atoms with Crippen LogP contribution in [-0.4, -0.2) is 35.1 Å². The second-order valence-electron chi connectivity index (χ2n) is 3.80. The molecule has 1 aromatic carbocycles. The van der Waals surface area contributed by atoms with E-state index >= 15 is 0 Å². The quantitative estimate of drug-likeness (QED) is 0.476. The molecular weight excluding hydrogens is 290 g/mol. The molecule has 1 rings (SSSR count). The van der Waals surface area contributed by atoms with Crippen LogP contribution >= 0.6 is 23.4 Å². The minimum atomic E-state index is -1.02. The zero-order chi connectivity index (χ0) is 14.4. The third-order valence-electron chi connectivity index (χ3n) is 2.54. The van der Waals surface area contributed by atoms with E-state index in [-0.39, 0.29) is 21.9 Å². The van der Waals surface area contributed by atoms with Crippen molar-refractivity contribution in [2.45, 2.75) is 12.5 Å². The number of halogens is 1. The first-order valence-corrected chi connectivity index (χ1v) is 7.23. The van der Waals surface area contributed by atoms with E-state index in [0.717, 1.165) is 5.75 Å². The summed E-state index contributed by atoms with van der Waals surface area (Å²) >= 11 is 7.55. The van der Waals surface area contributed by atoms with Crippen LogP contribution in [0.4, 0.5) is 0 Å². The molecule has 0 aliphatic heterocycles. The van der Waals surface area contributed by atoms with Gasteiger partial charge in [0.25, 0.3) is 0 Å². The van der Waals surface area contributed by atoms with Gasteiger partial charge in [-0.1, -0.05) is 17.7 Å². The van der Waals surface area contributed by atoms with E-state index in [1.54, 1.807) is 11.8 Å². The molecule has 0 bridgehead atoms. The van der Waals surface area contributed by atoms with Gasteiger partial charge in [0.05, 0.1) is 16.6 Å². The molecule has 5 nitrogen and oxygen atoms in total. The van der Waals surface area contributed by atoms with Crippen molar-refractivity contribution in [3.63, 3.8) is 0 Å². The Bertz CT molecular complexity index is 481. The summed E-state index contributed by atoms with van der Waals surface area (Å²) in [4.78, 5) is 27.0. The second kappa shape index (κ2) is 7.49. The van der Waals surface area contributed by atoms with Crippen LogP contribution in [-0.2, 0) is 4.89 Å². The fraction of sp³-hybridized carbons (Fsp3) is 0.333. The molecule has 1 atom stereocenters. The first-order chi connectivity index (χ1) is 9.02. The number of benzene rings is 1. The Balaban J connectivity index is 3.01. The molecule has 0 amide bonds. The lowest BCUT2D eigenvalue weighted by atomic mass is 10.0. The van der Waals surface area contributed by atoms with Crippen LogP contribution in [0.25, 0.3) is 0 Å². The van der Waals surface area contributed by atoms with E-state index in [9.17, 15) is 9.59 Å². The van der Waals surface area contributed by atoms with E-state index in [1.807, 2.05) is 6.26 Å². The van der Waals surface area contributed by atoms with Crippen LogP contribution in [0, 0.1) is 0 Å². The summed E-state index contributed by atoms with van der Waals surface area (Å²) in [7, 11) is 0. The summed E-state index contributed by atoms with van der Waals surface area (Å²) in [6.07, 6.45) is 2.44. The normalized spacial score (nSPS) is 12.0. The van der Waals surface area contributed by atoms with Gasteiger partial charge < -0.3 is 5.73 Å². The highest BCUT2D eigenvalue weighted by atomic mass is 35.5. The minimum Gasteiger partial charge on any atom is -0.321 e. The molecule has 19 heavy (non-hydrogen) atoms. The number of thioether (sulfide) groups is 1. The lowest BCUT2D eigenvalue weighted by Gasteiger charge is -2.12. The van der Waals surface area contributed by atoms with Crippen molar-refractivity contribution in [2.24, 2.45) is 5.73 Å². The van der Waals surface area contributed by atoms with E-state index < -0.39 is 12.0 Å². The Morgan fingerprint density at radius 3 is 2.68 bits per heavy atom. The zero-order valence-corrected chi connectivity index (χ0v) is 11.8. The van der Waals surface area contributed by atoms with Crippen molar-refractivity contribution in [3.8, 4) is 0 Å². The molecule has 3 N–H and O–H groups in total. The Labute approximate surface area is 120 Å². The standard InChI is InChI=1S/C12H14ClNO4S/c1-19-6-5-9(14)11(15)7-3-2-4-8(10(7)13)12(16)18-17/h2-4,9,17H,5-6,14H2,1H3/t9-/m0/s1. The summed E-state index contributed by atoms with van der Waals surface area (Å²) in [5.41, 5.74) is 5.85. The van der Waals surface area contributed by atoms with Gasteiger partial charge in [0.15, 0.2) is 5.78 Å². The summed E-state index contributed by atoms with van der Waals surface area (Å²) in [5.74, 6) is -0.605. The van der Waals surface area contributed by atoms with Gasteiger partial charge in [-0.2, -0.15) is 17.0 Å². The first-order valence-electron chi connectivity index (χ1n) is 5.46. The van der Waals surface area contributed by atoms with Crippen LogP contribution in [0.3, 0.4) is 0 Å². The van der Waals surface area contributed by atoms with Crippen LogP contribution in [0.2, 0.25) is 5.02 Å². The van der Waals surface area contributed by atoms with Crippen LogP contribution < -0.4 is 5.73 Å². The van der Waals surface area contributed by atoms with Crippen LogP contribution in [0.1, 0.15) is 27.1 Å². The Morgan fingerprint density at radius 2 is 2.11 bits per heavy atom. The molecule has 0 heterocycles. The molecular formula is C12H14ClNO4S. The maximum absolute atomic E-state index is 12.1. The number of rotatable bonds is 6. The monoisotopic (exact) mass is 303 g/mol. The van der Waals surface area contributed by atoms with E-state index in [0.29, 0.717) is 6.42 Å². The summed E-state index contributed by atoms with van der Waals surface area (Å²) < 4.78 is 0. The van der Waals surface area contributed by atoms with Gasteiger partial charge in [-0.25, -0.2) is 4.79 Å². The highest BCUT2D eigenvalue weighted by molar-refractivity contribution is 7.98. The van der Waals surface area contributed by atoms with Crippen molar-refractivity contribution in [2.75, 3.05) is 12.0 Å². The lowest BCUT2D eigenvalue weighted by molar-refractivity contribution is -0.182. The number of carbonyl (C=O) groups excluding carboxylic acids is 2. The molecule has 0 aliphatic rings. The van der Waals surface area contributed by atoms with Gasteiger partial charge in [-0.05, 0) is 30.6 Å². The van der Waals surface area contributed by atoms with Crippen LogP contribution in [0.5, 0.6) is 0 Å². The van der Waals surface area contributed by atoms with E-state index in [2.05, 4.69) is 4.89 Å². The van der Waals surface area contributed by atoms with Gasteiger partial charge in [0, 0.05) is 5.56 Å². The molecule has 1 aromatic rings. The molecule has 0 fully saturated rings. The maximum atomic E-state index is 12.1. The molecule has 0 saturated carbocycles. The van der Waals surface area contributed by atoms with Crippen molar-refractivity contribution in [1.29, 1.82) is 0 Å². The Hall–Kier alpha value is -1.08. The molecule has 0 saturated heterocycles. The SMILES string of the molecule is CSCC[C@H](N)C(=O)c1cccc(C(=O)OO)c1Cl. The molecule has 0 radical (unpaired) electrons. The van der Waals surface area contributed by atoms with Crippen molar-refractivity contribution < 1.29 is 19.7 Å². The highest BCUT2D eigenvalue weighted by Gasteiger charge is 2.22. The van der Waals surface area contributed by atoms with Gasteiger partial charge in [-0.3, -0.25) is 9.68 Å². The summed E-state index contributed by atoms with van der Waals surface area (Å²) in [5, 5.41) is 8.28. The van der Waals surface area contributed by atoms with Crippen molar-refractivity contribution in [3.05, 3.63) is 34.3 Å². The van der Waals surface area contributed by atoms with Crippen molar-refractivity contribution >= 4 is 35.1 Å². The number of Topliss-reactive ketones (excluding diaryl/α,β-unsaturated/α-hetero) is 1. The topological polar surface area (TPSA) is 89.6 Å². The average molecular weight is 304 g/mol. The maximum Gasteiger partial charge on any atom is 0.374 e. The fourth-order valence-electron chi connectivity index (χ4n) is 1.50. The van der Waals surface area contributed by atoms with Crippen molar-refractivity contribution in [1.82, 2.24) is 0 Å². The number of carbonyl (C=O) groups is 2. The number of nitrogens with two attached hydrogens (primary N) is 1. The third kappa shape index (κ3) is 3.94. The summed E-state index contributed by atoms with van der Waals surface area (Å²) in [6, 6.07) is 3.64. The Kier molecular flexibility index (Phi) is 6.30. The molecule has 0 aromatic heterocycles. The number of hydrogen-bond acceptors (Lipinski definition) is 6. The first kappa shape index (κ1) is 16.0. The highest BCUT2D eigenvalue weighted by Crippen LogP contribution is 2.23. The number of ketones is 1. The minimum absolute atomic E-state index is 0.0637. The molecule has 7 heteroatoms. The molecule has 0 unspecified atom stereocenters. The van der Waals surface area contributed by atoms with Gasteiger partial charge in [0.2, 0.25) is 0 Å². The van der Waals surface area contributed by atoms with Gasteiger partial charge in [-0.15, -0.1) is 0 Å². The molecule has 0 spiro atoms. The second-order valence-corrected chi connectivity index (χ2v) is 5.16. The van der Waals surface area contributed by atoms with Crippen LogP contribution in [0.15, 0.2) is 18.2 Å².